The summed E-state index contributed by atoms with van der Waals surface area (Å²) < 4.78 is 18.8. The zero-order valence-corrected chi connectivity index (χ0v) is 16.6. The van der Waals surface area contributed by atoms with E-state index in [1.54, 1.807) is 23.1 Å². The number of amides is 1. The molecule has 3 rings (SSSR count). The number of hydrogen-bond donors (Lipinski definition) is 0. The Balaban J connectivity index is 1.71. The third kappa shape index (κ3) is 4.86. The van der Waals surface area contributed by atoms with Crippen LogP contribution in [-0.2, 0) is 6.42 Å². The third-order valence-electron chi connectivity index (χ3n) is 4.83. The molecule has 0 saturated carbocycles. The molecule has 2 aromatic carbocycles. The Morgan fingerprint density at radius 1 is 1.27 bits per heavy atom. The lowest BCUT2D eigenvalue weighted by Gasteiger charge is -2.28. The second kappa shape index (κ2) is 9.25. The van der Waals surface area contributed by atoms with Gasteiger partial charge in [-0.05, 0) is 43.7 Å². The topological polar surface area (TPSA) is 102 Å². The van der Waals surface area contributed by atoms with Gasteiger partial charge in [0.15, 0.2) is 0 Å². The quantitative estimate of drug-likeness (QED) is 0.404. The van der Waals surface area contributed by atoms with Crippen LogP contribution in [0.1, 0.15) is 36.5 Å². The summed E-state index contributed by atoms with van der Waals surface area (Å²) in [5, 5.41) is 14.7. The van der Waals surface area contributed by atoms with Crippen LogP contribution < -0.4 is 0 Å². The number of nitro benzene ring substituents is 1. The minimum atomic E-state index is -0.482. The first kappa shape index (κ1) is 21.1. The smallest absolute Gasteiger partial charge is 0.269 e. The van der Waals surface area contributed by atoms with Crippen molar-refractivity contribution in [1.82, 2.24) is 15.0 Å². The molecule has 0 bridgehead atoms. The maximum atomic E-state index is 13.5. The molecule has 1 aromatic heterocycles. The Morgan fingerprint density at radius 2 is 2.00 bits per heavy atom. The van der Waals surface area contributed by atoms with Crippen molar-refractivity contribution in [1.29, 1.82) is 0 Å². The van der Waals surface area contributed by atoms with E-state index < -0.39 is 10.7 Å². The van der Waals surface area contributed by atoms with Gasteiger partial charge in [-0.2, -0.15) is 4.98 Å². The van der Waals surface area contributed by atoms with Crippen LogP contribution in [0.2, 0.25) is 0 Å². The van der Waals surface area contributed by atoms with Crippen molar-refractivity contribution >= 4 is 11.6 Å². The van der Waals surface area contributed by atoms with Crippen molar-refractivity contribution in [3.8, 4) is 11.4 Å². The number of carbonyl (C=O) groups is 1. The fourth-order valence-corrected chi connectivity index (χ4v) is 2.95. The SMILES string of the molecule is CC[C@H](C)N(CCc1nc(-c2ccc([N+](=O)[O-])cc2)no1)C(=O)c1cccc(F)c1. The molecule has 0 aliphatic rings. The molecule has 8 nitrogen and oxygen atoms in total. The van der Waals surface area contributed by atoms with Gasteiger partial charge in [0.05, 0.1) is 4.92 Å². The minimum Gasteiger partial charge on any atom is -0.339 e. The summed E-state index contributed by atoms with van der Waals surface area (Å²) in [4.78, 5) is 29.1. The van der Waals surface area contributed by atoms with Gasteiger partial charge < -0.3 is 9.42 Å². The Labute approximate surface area is 172 Å². The Morgan fingerprint density at radius 3 is 2.63 bits per heavy atom. The number of non-ortho nitro benzene ring substituents is 1. The average molecular weight is 412 g/mol. The van der Waals surface area contributed by atoms with Crippen molar-refractivity contribution in [2.75, 3.05) is 6.54 Å². The summed E-state index contributed by atoms with van der Waals surface area (Å²) in [6, 6.07) is 11.4. The highest BCUT2D eigenvalue weighted by Gasteiger charge is 2.22. The fourth-order valence-electron chi connectivity index (χ4n) is 2.95. The van der Waals surface area contributed by atoms with Gasteiger partial charge in [-0.1, -0.05) is 18.1 Å². The van der Waals surface area contributed by atoms with E-state index in [2.05, 4.69) is 10.1 Å². The van der Waals surface area contributed by atoms with E-state index in [0.29, 0.717) is 30.2 Å². The summed E-state index contributed by atoms with van der Waals surface area (Å²) in [5.74, 6) is -0.0799. The molecule has 156 valence electrons. The van der Waals surface area contributed by atoms with Gasteiger partial charge in [0.2, 0.25) is 11.7 Å². The molecule has 0 N–H and O–H groups in total. The molecule has 0 fully saturated rings. The zero-order chi connectivity index (χ0) is 21.7. The zero-order valence-electron chi connectivity index (χ0n) is 16.6. The molecular weight excluding hydrogens is 391 g/mol. The number of hydrogen-bond acceptors (Lipinski definition) is 6. The molecule has 0 radical (unpaired) electrons. The van der Waals surface area contributed by atoms with Gasteiger partial charge >= 0.3 is 0 Å². The number of nitrogens with zero attached hydrogens (tertiary/aromatic N) is 4. The number of halogens is 1. The van der Waals surface area contributed by atoms with Crippen LogP contribution in [-0.4, -0.2) is 38.5 Å². The Hall–Kier alpha value is -3.62. The second-order valence-electron chi connectivity index (χ2n) is 6.83. The van der Waals surface area contributed by atoms with Crippen LogP contribution in [0.15, 0.2) is 53.1 Å². The Kier molecular flexibility index (Phi) is 6.51. The largest absolute Gasteiger partial charge is 0.339 e. The lowest BCUT2D eigenvalue weighted by molar-refractivity contribution is -0.384. The van der Waals surface area contributed by atoms with Crippen molar-refractivity contribution in [3.05, 3.63) is 75.9 Å². The highest BCUT2D eigenvalue weighted by molar-refractivity contribution is 5.94. The monoisotopic (exact) mass is 412 g/mol. The summed E-state index contributed by atoms with van der Waals surface area (Å²) in [7, 11) is 0. The van der Waals surface area contributed by atoms with E-state index in [0.717, 1.165) is 6.42 Å². The predicted octanol–water partition coefficient (Wildman–Crippen LogP) is 4.27. The van der Waals surface area contributed by atoms with Gasteiger partial charge in [-0.25, -0.2) is 4.39 Å². The standard InChI is InChI=1S/C21H21FN4O4/c1-3-14(2)25(21(27)16-5-4-6-17(22)13-16)12-11-19-23-20(24-30-19)15-7-9-18(10-8-15)26(28)29/h4-10,13-14H,3,11-12H2,1-2H3/t14-/m0/s1. The van der Waals surface area contributed by atoms with Crippen LogP contribution in [0.3, 0.4) is 0 Å². The summed E-state index contributed by atoms with van der Waals surface area (Å²) in [6.07, 6.45) is 1.06. The maximum Gasteiger partial charge on any atom is 0.269 e. The van der Waals surface area contributed by atoms with Crippen molar-refractivity contribution in [3.63, 3.8) is 0 Å². The van der Waals surface area contributed by atoms with Crippen molar-refractivity contribution in [2.24, 2.45) is 0 Å². The Bertz CT molecular complexity index is 1040. The molecule has 1 atom stereocenters. The maximum absolute atomic E-state index is 13.5. The molecule has 1 amide bonds. The minimum absolute atomic E-state index is 0.0254. The van der Waals surface area contributed by atoms with Gasteiger partial charge in [0.1, 0.15) is 5.82 Å². The third-order valence-corrected chi connectivity index (χ3v) is 4.83. The van der Waals surface area contributed by atoms with Crippen LogP contribution in [0.5, 0.6) is 0 Å². The second-order valence-corrected chi connectivity index (χ2v) is 6.83. The van der Waals surface area contributed by atoms with Gasteiger partial charge in [0.25, 0.3) is 11.6 Å². The lowest BCUT2D eigenvalue weighted by Crippen LogP contribution is -2.39. The molecular formula is C21H21FN4O4. The molecule has 0 aliphatic heterocycles. The number of carbonyl (C=O) groups excluding carboxylic acids is 1. The van der Waals surface area contributed by atoms with Gasteiger partial charge in [0, 0.05) is 42.3 Å². The van der Waals surface area contributed by atoms with Crippen LogP contribution in [0.4, 0.5) is 10.1 Å². The number of benzene rings is 2. The predicted molar refractivity (Wildman–Crippen MR) is 107 cm³/mol. The number of rotatable bonds is 8. The van der Waals surface area contributed by atoms with Gasteiger partial charge in [-0.3, -0.25) is 14.9 Å². The molecule has 9 heteroatoms. The summed E-state index contributed by atoms with van der Waals surface area (Å²) in [5.41, 5.74) is 0.847. The molecule has 0 unspecified atom stereocenters. The summed E-state index contributed by atoms with van der Waals surface area (Å²) >= 11 is 0. The molecule has 0 spiro atoms. The first-order valence-electron chi connectivity index (χ1n) is 9.53. The summed E-state index contributed by atoms with van der Waals surface area (Å²) in [6.45, 7) is 4.22. The van der Waals surface area contributed by atoms with Crippen LogP contribution in [0.25, 0.3) is 11.4 Å². The van der Waals surface area contributed by atoms with E-state index in [4.69, 9.17) is 4.52 Å². The van der Waals surface area contributed by atoms with Crippen LogP contribution >= 0.6 is 0 Å². The highest BCUT2D eigenvalue weighted by atomic mass is 19.1. The normalized spacial score (nSPS) is 11.8. The van der Waals surface area contributed by atoms with E-state index >= 15 is 0 Å². The fraction of sp³-hybridized carbons (Fsp3) is 0.286. The van der Waals surface area contributed by atoms with E-state index in [-0.39, 0.29) is 23.2 Å². The first-order chi connectivity index (χ1) is 14.4. The molecule has 30 heavy (non-hydrogen) atoms. The van der Waals surface area contributed by atoms with Gasteiger partial charge in [-0.15, -0.1) is 0 Å². The average Bonchev–Trinajstić information content (AvgIpc) is 3.22. The van der Waals surface area contributed by atoms with E-state index in [1.165, 1.54) is 30.3 Å². The van der Waals surface area contributed by atoms with Crippen molar-refractivity contribution in [2.45, 2.75) is 32.7 Å². The molecule has 0 saturated heterocycles. The van der Waals surface area contributed by atoms with Crippen LogP contribution in [0, 0.1) is 15.9 Å². The number of aromatic nitrogens is 2. The molecule has 3 aromatic rings. The highest BCUT2D eigenvalue weighted by Crippen LogP contribution is 2.20. The first-order valence-corrected chi connectivity index (χ1v) is 9.53. The van der Waals surface area contributed by atoms with E-state index in [1.807, 2.05) is 13.8 Å². The lowest BCUT2D eigenvalue weighted by atomic mass is 10.1. The van der Waals surface area contributed by atoms with E-state index in [9.17, 15) is 19.3 Å². The molecule has 0 aliphatic carbocycles. The van der Waals surface area contributed by atoms with Crippen molar-refractivity contribution < 1.29 is 18.6 Å². The number of nitro groups is 1. The molecule has 1 heterocycles.